The lowest BCUT2D eigenvalue weighted by atomic mass is 9.92. The van der Waals surface area contributed by atoms with Gasteiger partial charge < -0.3 is 10.0 Å². The summed E-state index contributed by atoms with van der Waals surface area (Å²) in [5, 5.41) is 9.03. The third-order valence-electron chi connectivity index (χ3n) is 4.81. The fraction of sp³-hybridized carbons (Fsp3) is 0.933. The standard InChI is InChI=1S/C15H28N2O2/c1-15(2,3)17-10-6-13(7-11-17)16-8-4-12(5-9-16)14(18)19/h12-13H,4-11H2,1-3H3,(H,18,19). The molecule has 110 valence electrons. The Labute approximate surface area is 116 Å². The summed E-state index contributed by atoms with van der Waals surface area (Å²) in [6.45, 7) is 11.1. The Kier molecular flexibility index (Phi) is 4.51. The predicted molar refractivity (Wildman–Crippen MR) is 76.3 cm³/mol. The first-order valence-electron chi connectivity index (χ1n) is 7.60. The molecule has 2 rings (SSSR count). The lowest BCUT2D eigenvalue weighted by molar-refractivity contribution is -0.143. The van der Waals surface area contributed by atoms with Crippen molar-refractivity contribution >= 4 is 5.97 Å². The number of nitrogens with zero attached hydrogens (tertiary/aromatic N) is 2. The van der Waals surface area contributed by atoms with Gasteiger partial charge in [-0.3, -0.25) is 9.69 Å². The average molecular weight is 268 g/mol. The first kappa shape index (κ1) is 14.8. The van der Waals surface area contributed by atoms with E-state index < -0.39 is 5.97 Å². The molecule has 0 aliphatic carbocycles. The van der Waals surface area contributed by atoms with E-state index >= 15 is 0 Å². The van der Waals surface area contributed by atoms with Gasteiger partial charge in [-0.2, -0.15) is 0 Å². The number of piperidine rings is 2. The molecule has 0 radical (unpaired) electrons. The van der Waals surface area contributed by atoms with Gasteiger partial charge in [-0.1, -0.05) is 0 Å². The van der Waals surface area contributed by atoms with Crippen molar-refractivity contribution < 1.29 is 9.90 Å². The predicted octanol–water partition coefficient (Wildman–Crippen LogP) is 2.05. The first-order chi connectivity index (χ1) is 8.88. The van der Waals surface area contributed by atoms with Gasteiger partial charge in [0.05, 0.1) is 5.92 Å². The number of rotatable bonds is 2. The molecule has 2 fully saturated rings. The van der Waals surface area contributed by atoms with Crippen LogP contribution in [0.3, 0.4) is 0 Å². The van der Waals surface area contributed by atoms with Gasteiger partial charge in [-0.25, -0.2) is 0 Å². The molecule has 0 bridgehead atoms. The van der Waals surface area contributed by atoms with Crippen LogP contribution in [0.4, 0.5) is 0 Å². The summed E-state index contributed by atoms with van der Waals surface area (Å²) >= 11 is 0. The van der Waals surface area contributed by atoms with Crippen molar-refractivity contribution in [2.45, 2.75) is 58.0 Å². The van der Waals surface area contributed by atoms with Gasteiger partial charge in [-0.15, -0.1) is 0 Å². The van der Waals surface area contributed by atoms with E-state index in [0.29, 0.717) is 6.04 Å². The lowest BCUT2D eigenvalue weighted by Crippen LogP contribution is -2.52. The minimum Gasteiger partial charge on any atom is -0.481 e. The number of carboxylic acid groups (broad SMARTS) is 1. The Bertz CT molecular complexity index is 309. The van der Waals surface area contributed by atoms with Crippen molar-refractivity contribution in [3.8, 4) is 0 Å². The lowest BCUT2D eigenvalue weighted by Gasteiger charge is -2.45. The molecule has 0 unspecified atom stereocenters. The van der Waals surface area contributed by atoms with E-state index in [9.17, 15) is 4.79 Å². The smallest absolute Gasteiger partial charge is 0.306 e. The van der Waals surface area contributed by atoms with Crippen LogP contribution in [0, 0.1) is 5.92 Å². The van der Waals surface area contributed by atoms with Gasteiger partial charge in [0, 0.05) is 24.7 Å². The van der Waals surface area contributed by atoms with E-state index in [4.69, 9.17) is 5.11 Å². The monoisotopic (exact) mass is 268 g/mol. The van der Waals surface area contributed by atoms with Crippen LogP contribution in [0.15, 0.2) is 0 Å². The van der Waals surface area contributed by atoms with Crippen LogP contribution < -0.4 is 0 Å². The van der Waals surface area contributed by atoms with Crippen LogP contribution in [-0.2, 0) is 4.79 Å². The third kappa shape index (κ3) is 3.69. The molecule has 2 heterocycles. The van der Waals surface area contributed by atoms with Gasteiger partial charge in [0.1, 0.15) is 0 Å². The maximum absolute atomic E-state index is 11.0. The van der Waals surface area contributed by atoms with Crippen molar-refractivity contribution in [1.29, 1.82) is 0 Å². The van der Waals surface area contributed by atoms with E-state index in [-0.39, 0.29) is 11.5 Å². The summed E-state index contributed by atoms with van der Waals surface area (Å²) < 4.78 is 0. The van der Waals surface area contributed by atoms with Crippen molar-refractivity contribution in [3.05, 3.63) is 0 Å². The van der Waals surface area contributed by atoms with Crippen LogP contribution >= 0.6 is 0 Å². The Hall–Kier alpha value is -0.610. The molecule has 19 heavy (non-hydrogen) atoms. The van der Waals surface area contributed by atoms with Gasteiger partial charge in [0.25, 0.3) is 0 Å². The summed E-state index contributed by atoms with van der Waals surface area (Å²) in [6.07, 6.45) is 4.12. The van der Waals surface area contributed by atoms with Crippen LogP contribution in [-0.4, -0.2) is 58.6 Å². The van der Waals surface area contributed by atoms with E-state index in [1.54, 1.807) is 0 Å². The quantitative estimate of drug-likeness (QED) is 0.832. The summed E-state index contributed by atoms with van der Waals surface area (Å²) in [6, 6.07) is 0.674. The number of hydrogen-bond acceptors (Lipinski definition) is 3. The molecular weight excluding hydrogens is 240 g/mol. The highest BCUT2D eigenvalue weighted by molar-refractivity contribution is 5.70. The zero-order valence-electron chi connectivity index (χ0n) is 12.6. The molecule has 0 spiro atoms. The minimum atomic E-state index is -0.609. The second-order valence-corrected chi connectivity index (χ2v) is 7.04. The highest BCUT2D eigenvalue weighted by atomic mass is 16.4. The molecule has 0 saturated carbocycles. The second-order valence-electron chi connectivity index (χ2n) is 7.04. The summed E-state index contributed by atoms with van der Waals surface area (Å²) in [7, 11) is 0. The van der Waals surface area contributed by atoms with E-state index in [1.807, 2.05) is 0 Å². The molecule has 4 nitrogen and oxygen atoms in total. The first-order valence-corrected chi connectivity index (χ1v) is 7.60. The zero-order chi connectivity index (χ0) is 14.0. The summed E-state index contributed by atoms with van der Waals surface area (Å²) in [4.78, 5) is 16.1. The Morgan fingerprint density at radius 1 is 1.00 bits per heavy atom. The van der Waals surface area contributed by atoms with Gasteiger partial charge in [-0.05, 0) is 59.5 Å². The fourth-order valence-corrected chi connectivity index (χ4v) is 3.41. The maximum atomic E-state index is 11.0. The molecule has 0 aromatic heterocycles. The molecule has 0 aromatic rings. The van der Waals surface area contributed by atoms with E-state index in [2.05, 4.69) is 30.6 Å². The van der Waals surface area contributed by atoms with Crippen LogP contribution in [0.5, 0.6) is 0 Å². The molecule has 2 aliphatic rings. The van der Waals surface area contributed by atoms with Crippen molar-refractivity contribution in [3.63, 3.8) is 0 Å². The van der Waals surface area contributed by atoms with Crippen LogP contribution in [0.2, 0.25) is 0 Å². The molecule has 4 heteroatoms. The molecule has 0 aromatic carbocycles. The number of carbonyl (C=O) groups is 1. The maximum Gasteiger partial charge on any atom is 0.306 e. The highest BCUT2D eigenvalue weighted by Gasteiger charge is 2.32. The second kappa shape index (κ2) is 5.80. The van der Waals surface area contributed by atoms with Crippen molar-refractivity contribution in [2.24, 2.45) is 5.92 Å². The molecule has 2 aliphatic heterocycles. The SMILES string of the molecule is CC(C)(C)N1CCC(N2CCC(C(=O)O)CC2)CC1. The van der Waals surface area contributed by atoms with Gasteiger partial charge >= 0.3 is 5.97 Å². The van der Waals surface area contributed by atoms with E-state index in [1.165, 1.54) is 25.9 Å². The molecule has 1 N–H and O–H groups in total. The minimum absolute atomic E-state index is 0.106. The van der Waals surface area contributed by atoms with Crippen molar-refractivity contribution in [2.75, 3.05) is 26.2 Å². The highest BCUT2D eigenvalue weighted by Crippen LogP contribution is 2.26. The zero-order valence-corrected chi connectivity index (χ0v) is 12.6. The summed E-state index contributed by atoms with van der Waals surface area (Å²) in [5.74, 6) is -0.715. The largest absolute Gasteiger partial charge is 0.481 e. The summed E-state index contributed by atoms with van der Waals surface area (Å²) in [5.41, 5.74) is 0.279. The van der Waals surface area contributed by atoms with Crippen LogP contribution in [0.1, 0.15) is 46.5 Å². The number of carboxylic acids is 1. The Morgan fingerprint density at radius 3 is 1.95 bits per heavy atom. The fourth-order valence-electron chi connectivity index (χ4n) is 3.41. The number of aliphatic carboxylic acids is 1. The molecular formula is C15H28N2O2. The third-order valence-corrected chi connectivity index (χ3v) is 4.81. The average Bonchev–Trinajstić information content (AvgIpc) is 2.38. The molecule has 0 atom stereocenters. The molecule has 0 amide bonds. The number of likely N-dealkylation sites (tertiary alicyclic amines) is 2. The normalized spacial score (nSPS) is 25.6. The number of hydrogen-bond donors (Lipinski definition) is 1. The van der Waals surface area contributed by atoms with Crippen molar-refractivity contribution in [1.82, 2.24) is 9.80 Å². The Morgan fingerprint density at radius 2 is 1.53 bits per heavy atom. The molecule has 2 saturated heterocycles. The van der Waals surface area contributed by atoms with Gasteiger partial charge in [0.15, 0.2) is 0 Å². The van der Waals surface area contributed by atoms with Crippen LogP contribution in [0.25, 0.3) is 0 Å². The van der Waals surface area contributed by atoms with E-state index in [0.717, 1.165) is 25.9 Å². The topological polar surface area (TPSA) is 43.8 Å². The Balaban J connectivity index is 1.78. The van der Waals surface area contributed by atoms with Gasteiger partial charge in [0.2, 0.25) is 0 Å².